The molecule has 27 heavy (non-hydrogen) atoms. The SMILES string of the molecule is CC(C)(C)NC(=O)NC(=O)c1ccc2c(c1)CN(C1CCC(=O)NC1=O)C2. The second-order valence-corrected chi connectivity index (χ2v) is 8.01. The van der Waals surface area contributed by atoms with Crippen molar-refractivity contribution < 1.29 is 19.2 Å². The first-order valence-electron chi connectivity index (χ1n) is 8.95. The molecule has 0 aromatic heterocycles. The van der Waals surface area contributed by atoms with E-state index in [1.807, 2.05) is 31.7 Å². The summed E-state index contributed by atoms with van der Waals surface area (Å²) >= 11 is 0. The molecule has 0 aliphatic carbocycles. The minimum Gasteiger partial charge on any atom is -0.333 e. The van der Waals surface area contributed by atoms with Gasteiger partial charge in [0.25, 0.3) is 5.91 Å². The highest BCUT2D eigenvalue weighted by Crippen LogP contribution is 2.28. The molecule has 5 amide bonds. The van der Waals surface area contributed by atoms with E-state index in [9.17, 15) is 19.2 Å². The molecule has 3 N–H and O–H groups in total. The third-order valence-electron chi connectivity index (χ3n) is 4.58. The van der Waals surface area contributed by atoms with Crippen LogP contribution in [0, 0.1) is 0 Å². The summed E-state index contributed by atoms with van der Waals surface area (Å²) in [6, 6.07) is 4.38. The van der Waals surface area contributed by atoms with E-state index in [1.54, 1.807) is 12.1 Å². The number of rotatable bonds is 2. The predicted octanol–water partition coefficient (Wildman–Crippen LogP) is 1.05. The van der Waals surface area contributed by atoms with E-state index in [1.165, 1.54) is 0 Å². The molecular weight excluding hydrogens is 348 g/mol. The number of hydrogen-bond donors (Lipinski definition) is 3. The summed E-state index contributed by atoms with van der Waals surface area (Å²) in [5.41, 5.74) is 1.94. The molecule has 2 aliphatic rings. The fourth-order valence-electron chi connectivity index (χ4n) is 3.36. The first-order chi connectivity index (χ1) is 12.6. The molecule has 1 atom stereocenters. The molecule has 0 spiro atoms. The van der Waals surface area contributed by atoms with Crippen molar-refractivity contribution in [1.29, 1.82) is 0 Å². The van der Waals surface area contributed by atoms with Crippen LogP contribution in [0.15, 0.2) is 18.2 Å². The van der Waals surface area contributed by atoms with Gasteiger partial charge in [0.15, 0.2) is 0 Å². The Kier molecular flexibility index (Phi) is 5.01. The lowest BCUT2D eigenvalue weighted by atomic mass is 10.0. The van der Waals surface area contributed by atoms with Crippen molar-refractivity contribution in [2.75, 3.05) is 0 Å². The van der Waals surface area contributed by atoms with E-state index in [0.29, 0.717) is 31.5 Å². The number of carbonyl (C=O) groups excluding carboxylic acids is 4. The molecule has 3 rings (SSSR count). The number of piperidine rings is 1. The van der Waals surface area contributed by atoms with E-state index < -0.39 is 17.5 Å². The summed E-state index contributed by atoms with van der Waals surface area (Å²) in [5.74, 6) is -0.977. The third kappa shape index (κ3) is 4.51. The van der Waals surface area contributed by atoms with Gasteiger partial charge in [0.05, 0.1) is 6.04 Å². The lowest BCUT2D eigenvalue weighted by Crippen LogP contribution is -2.50. The number of amides is 5. The lowest BCUT2D eigenvalue weighted by Gasteiger charge is -2.29. The maximum atomic E-state index is 12.3. The van der Waals surface area contributed by atoms with Crippen LogP contribution in [0.25, 0.3) is 0 Å². The Morgan fingerprint density at radius 2 is 1.85 bits per heavy atom. The van der Waals surface area contributed by atoms with Gasteiger partial charge in [0.1, 0.15) is 0 Å². The van der Waals surface area contributed by atoms with Crippen molar-refractivity contribution in [1.82, 2.24) is 20.9 Å². The quantitative estimate of drug-likeness (QED) is 0.673. The van der Waals surface area contributed by atoms with Gasteiger partial charge >= 0.3 is 6.03 Å². The molecule has 8 heteroatoms. The van der Waals surface area contributed by atoms with Crippen molar-refractivity contribution in [2.45, 2.75) is 58.3 Å². The average Bonchev–Trinajstić information content (AvgIpc) is 2.95. The molecule has 1 aromatic carbocycles. The number of fused-ring (bicyclic) bond motifs is 1. The zero-order valence-electron chi connectivity index (χ0n) is 15.7. The van der Waals surface area contributed by atoms with Gasteiger partial charge in [-0.2, -0.15) is 0 Å². The van der Waals surface area contributed by atoms with Crippen molar-refractivity contribution in [2.24, 2.45) is 0 Å². The maximum absolute atomic E-state index is 12.3. The van der Waals surface area contributed by atoms with Gasteiger partial charge in [-0.05, 0) is 50.5 Å². The number of hydrogen-bond acceptors (Lipinski definition) is 5. The lowest BCUT2D eigenvalue weighted by molar-refractivity contribution is -0.137. The maximum Gasteiger partial charge on any atom is 0.322 e. The summed E-state index contributed by atoms with van der Waals surface area (Å²) in [7, 11) is 0. The number of nitrogens with zero attached hydrogens (tertiary/aromatic N) is 1. The third-order valence-corrected chi connectivity index (χ3v) is 4.58. The molecule has 0 radical (unpaired) electrons. The number of carbonyl (C=O) groups is 4. The second-order valence-electron chi connectivity index (χ2n) is 8.01. The number of benzene rings is 1. The standard InChI is InChI=1S/C19H24N4O4/c1-19(2,3)22-18(27)21-16(25)11-4-5-12-9-23(10-13(12)8-11)14-6-7-15(24)20-17(14)26/h4-5,8,14H,6-7,9-10H2,1-3H3,(H,20,24,26)(H2,21,22,25,27). The normalized spacial score (nSPS) is 20.0. The first kappa shape index (κ1) is 19.0. The van der Waals surface area contributed by atoms with Gasteiger partial charge < -0.3 is 5.32 Å². The topological polar surface area (TPSA) is 108 Å². The van der Waals surface area contributed by atoms with Crippen LogP contribution in [0.4, 0.5) is 4.79 Å². The molecule has 144 valence electrons. The van der Waals surface area contributed by atoms with Crippen LogP contribution in [0.3, 0.4) is 0 Å². The number of nitrogens with one attached hydrogen (secondary N) is 3. The highest BCUT2D eigenvalue weighted by molar-refractivity contribution is 6.04. The Morgan fingerprint density at radius 3 is 2.52 bits per heavy atom. The predicted molar refractivity (Wildman–Crippen MR) is 97.6 cm³/mol. The monoisotopic (exact) mass is 372 g/mol. The molecule has 0 bridgehead atoms. The van der Waals surface area contributed by atoms with Gasteiger partial charge in [-0.1, -0.05) is 6.07 Å². The minimum absolute atomic E-state index is 0.236. The molecule has 0 saturated carbocycles. The molecular formula is C19H24N4O4. The molecule has 1 aromatic rings. The van der Waals surface area contributed by atoms with Crippen molar-refractivity contribution in [3.05, 3.63) is 34.9 Å². The Hall–Kier alpha value is -2.74. The van der Waals surface area contributed by atoms with Gasteiger partial charge in [-0.15, -0.1) is 0 Å². The van der Waals surface area contributed by atoms with Gasteiger partial charge in [0.2, 0.25) is 11.8 Å². The minimum atomic E-state index is -0.543. The molecule has 1 fully saturated rings. The average molecular weight is 372 g/mol. The molecule has 1 saturated heterocycles. The summed E-state index contributed by atoms with van der Waals surface area (Å²) < 4.78 is 0. The molecule has 1 unspecified atom stereocenters. The van der Waals surface area contributed by atoms with Crippen LogP contribution in [0.2, 0.25) is 0 Å². The summed E-state index contributed by atoms with van der Waals surface area (Å²) in [5, 5.41) is 7.38. The van der Waals surface area contributed by atoms with E-state index in [-0.39, 0.29) is 17.9 Å². The second kappa shape index (κ2) is 7.11. The zero-order chi connectivity index (χ0) is 19.8. The summed E-state index contributed by atoms with van der Waals surface area (Å²) in [6.07, 6.45) is 0.832. The van der Waals surface area contributed by atoms with E-state index >= 15 is 0 Å². The van der Waals surface area contributed by atoms with Crippen molar-refractivity contribution in [3.63, 3.8) is 0 Å². The highest BCUT2D eigenvalue weighted by atomic mass is 16.2. The Bertz CT molecular complexity index is 812. The van der Waals surface area contributed by atoms with E-state index in [4.69, 9.17) is 0 Å². The Labute approximate surface area is 157 Å². The van der Waals surface area contributed by atoms with Crippen LogP contribution in [0.5, 0.6) is 0 Å². The largest absolute Gasteiger partial charge is 0.333 e. The highest BCUT2D eigenvalue weighted by Gasteiger charge is 2.34. The molecule has 2 aliphatic heterocycles. The number of urea groups is 1. The first-order valence-corrected chi connectivity index (χ1v) is 8.95. The zero-order valence-corrected chi connectivity index (χ0v) is 15.7. The van der Waals surface area contributed by atoms with Crippen LogP contribution in [-0.4, -0.2) is 40.2 Å². The summed E-state index contributed by atoms with van der Waals surface area (Å²) in [6.45, 7) is 6.60. The van der Waals surface area contributed by atoms with Crippen LogP contribution >= 0.6 is 0 Å². The number of imide groups is 2. The molecule has 2 heterocycles. The Balaban J connectivity index is 1.66. The fourth-order valence-corrected chi connectivity index (χ4v) is 3.36. The van der Waals surface area contributed by atoms with Crippen LogP contribution in [-0.2, 0) is 22.7 Å². The van der Waals surface area contributed by atoms with E-state index in [2.05, 4.69) is 16.0 Å². The van der Waals surface area contributed by atoms with Gasteiger partial charge in [-0.25, -0.2) is 4.79 Å². The van der Waals surface area contributed by atoms with Crippen LogP contribution in [0.1, 0.15) is 55.1 Å². The van der Waals surface area contributed by atoms with Crippen molar-refractivity contribution >= 4 is 23.8 Å². The fraction of sp³-hybridized carbons (Fsp3) is 0.474. The smallest absolute Gasteiger partial charge is 0.322 e. The van der Waals surface area contributed by atoms with Gasteiger partial charge in [0, 0.05) is 30.6 Å². The Morgan fingerprint density at radius 1 is 1.15 bits per heavy atom. The molecule has 8 nitrogen and oxygen atoms in total. The van der Waals surface area contributed by atoms with Crippen LogP contribution < -0.4 is 16.0 Å². The van der Waals surface area contributed by atoms with Gasteiger partial charge in [-0.3, -0.25) is 29.9 Å². The van der Waals surface area contributed by atoms with Crippen molar-refractivity contribution in [3.8, 4) is 0 Å². The van der Waals surface area contributed by atoms with E-state index in [0.717, 1.165) is 11.1 Å². The summed E-state index contributed by atoms with van der Waals surface area (Å²) in [4.78, 5) is 49.6.